The van der Waals surface area contributed by atoms with Crippen molar-refractivity contribution in [2.75, 3.05) is 13.6 Å². The Balaban J connectivity index is 1.88. The third-order valence-corrected chi connectivity index (χ3v) is 4.25. The lowest BCUT2D eigenvalue weighted by molar-refractivity contribution is -0.134. The highest BCUT2D eigenvalue weighted by Crippen LogP contribution is 2.43. The van der Waals surface area contributed by atoms with Gasteiger partial charge in [-0.3, -0.25) is 4.79 Å². The number of halogens is 1. The molecule has 1 fully saturated rings. The quantitative estimate of drug-likeness (QED) is 0.908. The summed E-state index contributed by atoms with van der Waals surface area (Å²) in [5, 5.41) is 0. The summed E-state index contributed by atoms with van der Waals surface area (Å²) in [5.41, 5.74) is 5.84. The van der Waals surface area contributed by atoms with Crippen LogP contribution in [0.1, 0.15) is 31.4 Å². The van der Waals surface area contributed by atoms with E-state index in [2.05, 4.69) is 15.9 Å². The summed E-state index contributed by atoms with van der Waals surface area (Å²) in [6, 6.07) is 3.71. The zero-order chi connectivity index (χ0) is 13.2. The Hall–Kier alpha value is -0.810. The van der Waals surface area contributed by atoms with Crippen molar-refractivity contribution in [2.45, 2.75) is 32.2 Å². The Bertz CT molecular complexity index is 421. The minimum Gasteiger partial charge on any atom is -0.452 e. The summed E-state index contributed by atoms with van der Waals surface area (Å²) < 4.78 is 6.09. The second-order valence-corrected chi connectivity index (χ2v) is 5.97. The van der Waals surface area contributed by atoms with E-state index in [1.807, 2.05) is 19.2 Å². The Morgan fingerprint density at radius 1 is 1.56 bits per heavy atom. The Labute approximate surface area is 116 Å². The lowest BCUT2D eigenvalue weighted by atomic mass is 9.66. The van der Waals surface area contributed by atoms with Gasteiger partial charge in [0.15, 0.2) is 4.67 Å². The Kier molecular flexibility index (Phi) is 4.12. The molecule has 1 heterocycles. The Morgan fingerprint density at radius 3 is 2.72 bits per heavy atom. The number of carbonyl (C=O) groups is 1. The summed E-state index contributed by atoms with van der Waals surface area (Å²) >= 11 is 3.25. The van der Waals surface area contributed by atoms with Gasteiger partial charge in [0, 0.05) is 13.5 Å². The second kappa shape index (κ2) is 5.45. The third-order valence-electron chi connectivity index (χ3n) is 3.82. The molecule has 1 aliphatic rings. The summed E-state index contributed by atoms with van der Waals surface area (Å²) in [6.45, 7) is 1.12. The van der Waals surface area contributed by atoms with E-state index in [-0.39, 0.29) is 11.3 Å². The first kappa shape index (κ1) is 13.6. The van der Waals surface area contributed by atoms with Gasteiger partial charge in [0.25, 0.3) is 0 Å². The molecular formula is C13H19BrN2O2. The molecule has 0 aliphatic heterocycles. The largest absolute Gasteiger partial charge is 0.452 e. The van der Waals surface area contributed by atoms with Crippen LogP contribution < -0.4 is 5.73 Å². The number of hydrogen-bond acceptors (Lipinski definition) is 3. The second-order valence-electron chi connectivity index (χ2n) is 5.19. The molecule has 1 aromatic rings. The zero-order valence-corrected chi connectivity index (χ0v) is 12.2. The van der Waals surface area contributed by atoms with E-state index in [0.29, 0.717) is 24.2 Å². The number of hydrogen-bond donors (Lipinski definition) is 1. The molecule has 4 nitrogen and oxygen atoms in total. The van der Waals surface area contributed by atoms with Gasteiger partial charge < -0.3 is 15.1 Å². The molecule has 0 bridgehead atoms. The van der Waals surface area contributed by atoms with Gasteiger partial charge in [-0.25, -0.2) is 0 Å². The molecular weight excluding hydrogens is 296 g/mol. The van der Waals surface area contributed by atoms with Crippen LogP contribution in [0.2, 0.25) is 0 Å². The van der Waals surface area contributed by atoms with Crippen molar-refractivity contribution >= 4 is 21.8 Å². The molecule has 1 amide bonds. The minimum atomic E-state index is 0.0646. The summed E-state index contributed by atoms with van der Waals surface area (Å²) in [6.07, 6.45) is 3.91. The van der Waals surface area contributed by atoms with Crippen LogP contribution in [0.25, 0.3) is 0 Å². The molecule has 1 aliphatic carbocycles. The molecule has 5 heteroatoms. The van der Waals surface area contributed by atoms with Crippen LogP contribution in [-0.4, -0.2) is 24.4 Å². The van der Waals surface area contributed by atoms with Crippen molar-refractivity contribution in [2.24, 2.45) is 11.1 Å². The molecule has 0 radical (unpaired) electrons. The SMILES string of the molecule is CN(Cc1ccc(Br)o1)C(=O)CC1(CN)CCC1. The zero-order valence-electron chi connectivity index (χ0n) is 10.6. The predicted octanol–water partition coefficient (Wildman–Crippen LogP) is 2.52. The number of nitrogens with zero attached hydrogens (tertiary/aromatic N) is 1. The normalized spacial score (nSPS) is 17.3. The number of amides is 1. The molecule has 1 aromatic heterocycles. The smallest absolute Gasteiger partial charge is 0.223 e. The third kappa shape index (κ3) is 2.95. The highest BCUT2D eigenvalue weighted by atomic mass is 79.9. The number of nitrogens with two attached hydrogens (primary N) is 1. The summed E-state index contributed by atoms with van der Waals surface area (Å²) in [4.78, 5) is 13.8. The summed E-state index contributed by atoms with van der Waals surface area (Å²) in [5.74, 6) is 0.931. The maximum atomic E-state index is 12.1. The fraction of sp³-hybridized carbons (Fsp3) is 0.615. The molecule has 0 aromatic carbocycles. The first-order valence-corrected chi connectivity index (χ1v) is 7.02. The first-order chi connectivity index (χ1) is 8.54. The molecule has 100 valence electrons. The maximum absolute atomic E-state index is 12.1. The monoisotopic (exact) mass is 314 g/mol. The van der Waals surface area contributed by atoms with Crippen molar-refractivity contribution in [3.05, 3.63) is 22.6 Å². The summed E-state index contributed by atoms with van der Waals surface area (Å²) in [7, 11) is 1.81. The van der Waals surface area contributed by atoms with Crippen molar-refractivity contribution in [1.82, 2.24) is 4.90 Å². The molecule has 0 unspecified atom stereocenters. The van der Waals surface area contributed by atoms with E-state index in [1.54, 1.807) is 4.90 Å². The molecule has 1 saturated carbocycles. The van der Waals surface area contributed by atoms with Crippen LogP contribution in [0.15, 0.2) is 21.2 Å². The van der Waals surface area contributed by atoms with E-state index in [9.17, 15) is 4.79 Å². The minimum absolute atomic E-state index is 0.0646. The van der Waals surface area contributed by atoms with Gasteiger partial charge >= 0.3 is 0 Å². The first-order valence-electron chi connectivity index (χ1n) is 6.23. The van der Waals surface area contributed by atoms with Gasteiger partial charge in [0.2, 0.25) is 5.91 Å². The van der Waals surface area contributed by atoms with Gasteiger partial charge in [0.1, 0.15) is 5.76 Å². The molecule has 2 rings (SSSR count). The lowest BCUT2D eigenvalue weighted by Gasteiger charge is -2.41. The van der Waals surface area contributed by atoms with Crippen LogP contribution >= 0.6 is 15.9 Å². The van der Waals surface area contributed by atoms with Crippen molar-refractivity contribution in [3.63, 3.8) is 0 Å². The molecule has 2 N–H and O–H groups in total. The fourth-order valence-corrected chi connectivity index (χ4v) is 2.68. The van der Waals surface area contributed by atoms with Gasteiger partial charge in [-0.2, -0.15) is 0 Å². The highest BCUT2D eigenvalue weighted by Gasteiger charge is 2.38. The number of furan rings is 1. The number of carbonyl (C=O) groups excluding carboxylic acids is 1. The van der Waals surface area contributed by atoms with Crippen LogP contribution in [-0.2, 0) is 11.3 Å². The number of rotatable bonds is 5. The van der Waals surface area contributed by atoms with E-state index in [1.165, 1.54) is 6.42 Å². The van der Waals surface area contributed by atoms with Gasteiger partial charge in [-0.15, -0.1) is 0 Å². The molecule has 0 spiro atoms. The van der Waals surface area contributed by atoms with Crippen molar-refractivity contribution in [1.29, 1.82) is 0 Å². The molecule has 0 saturated heterocycles. The van der Waals surface area contributed by atoms with Crippen LogP contribution in [0.3, 0.4) is 0 Å². The average Bonchev–Trinajstić information content (AvgIpc) is 2.69. The van der Waals surface area contributed by atoms with Crippen LogP contribution in [0.4, 0.5) is 0 Å². The van der Waals surface area contributed by atoms with Crippen LogP contribution in [0.5, 0.6) is 0 Å². The predicted molar refractivity (Wildman–Crippen MR) is 72.8 cm³/mol. The maximum Gasteiger partial charge on any atom is 0.223 e. The van der Waals surface area contributed by atoms with Crippen molar-refractivity contribution in [3.8, 4) is 0 Å². The molecule has 0 atom stereocenters. The van der Waals surface area contributed by atoms with Gasteiger partial charge in [-0.1, -0.05) is 6.42 Å². The van der Waals surface area contributed by atoms with Gasteiger partial charge in [-0.05, 0) is 52.9 Å². The average molecular weight is 315 g/mol. The van der Waals surface area contributed by atoms with Crippen LogP contribution in [0, 0.1) is 5.41 Å². The fourth-order valence-electron chi connectivity index (χ4n) is 2.34. The van der Waals surface area contributed by atoms with E-state index >= 15 is 0 Å². The lowest BCUT2D eigenvalue weighted by Crippen LogP contribution is -2.42. The topological polar surface area (TPSA) is 59.5 Å². The standard InChI is InChI=1S/C13H19BrN2O2/c1-16(8-10-3-4-11(14)18-10)12(17)7-13(9-15)5-2-6-13/h3-4H,2,5-9,15H2,1H3. The highest BCUT2D eigenvalue weighted by molar-refractivity contribution is 9.10. The Morgan fingerprint density at radius 2 is 2.28 bits per heavy atom. The molecule has 18 heavy (non-hydrogen) atoms. The van der Waals surface area contributed by atoms with E-state index in [4.69, 9.17) is 10.2 Å². The van der Waals surface area contributed by atoms with Gasteiger partial charge in [0.05, 0.1) is 6.54 Å². The van der Waals surface area contributed by atoms with E-state index in [0.717, 1.165) is 18.6 Å². The van der Waals surface area contributed by atoms with E-state index < -0.39 is 0 Å². The van der Waals surface area contributed by atoms with Crippen molar-refractivity contribution < 1.29 is 9.21 Å².